The topological polar surface area (TPSA) is 59.1 Å². The highest BCUT2D eigenvalue weighted by Crippen LogP contribution is 2.46. The van der Waals surface area contributed by atoms with Crippen LogP contribution in [0.4, 0.5) is 27.8 Å². The number of alkyl halides is 5. The lowest BCUT2D eigenvalue weighted by atomic mass is 9.74. The third-order valence-electron chi connectivity index (χ3n) is 6.74. The lowest BCUT2D eigenvalue weighted by Crippen LogP contribution is -2.58. The highest BCUT2D eigenvalue weighted by atomic mass is 19.4. The van der Waals surface area contributed by atoms with E-state index in [4.69, 9.17) is 4.74 Å². The second-order valence-electron chi connectivity index (χ2n) is 10.1. The molecule has 1 saturated carbocycles. The summed E-state index contributed by atoms with van der Waals surface area (Å²) in [6.45, 7) is 9.69. The fourth-order valence-electron chi connectivity index (χ4n) is 5.26. The molecule has 2 N–H and O–H groups in total. The summed E-state index contributed by atoms with van der Waals surface area (Å²) in [5.41, 5.74) is 1.22. The van der Waals surface area contributed by atoms with Gasteiger partial charge >= 0.3 is 6.18 Å². The Labute approximate surface area is 207 Å². The van der Waals surface area contributed by atoms with Gasteiger partial charge in [0.1, 0.15) is 11.6 Å². The van der Waals surface area contributed by atoms with E-state index >= 15 is 0 Å². The summed E-state index contributed by atoms with van der Waals surface area (Å²) in [6, 6.07) is 4.12. The second-order valence-corrected chi connectivity index (χ2v) is 10.1. The first-order valence-electron chi connectivity index (χ1n) is 12.0. The van der Waals surface area contributed by atoms with Crippen LogP contribution < -0.4 is 10.6 Å². The van der Waals surface area contributed by atoms with E-state index in [0.717, 1.165) is 24.5 Å². The van der Waals surface area contributed by atoms with E-state index in [1.54, 1.807) is 19.9 Å². The number of hydrogen-bond donors (Lipinski definition) is 2. The Kier molecular flexibility index (Phi) is 7.02. The van der Waals surface area contributed by atoms with Crippen LogP contribution in [-0.2, 0) is 23.9 Å². The molecule has 1 atom stereocenters. The first-order valence-corrected chi connectivity index (χ1v) is 12.0. The van der Waals surface area contributed by atoms with E-state index in [9.17, 15) is 22.0 Å². The van der Waals surface area contributed by atoms with Crippen LogP contribution in [0.15, 0.2) is 30.5 Å². The van der Waals surface area contributed by atoms with E-state index in [-0.39, 0.29) is 37.5 Å². The van der Waals surface area contributed by atoms with Gasteiger partial charge in [0.15, 0.2) is 0 Å². The van der Waals surface area contributed by atoms with Crippen LogP contribution in [0, 0.1) is 13.8 Å². The van der Waals surface area contributed by atoms with Crippen molar-refractivity contribution in [3.63, 3.8) is 0 Å². The summed E-state index contributed by atoms with van der Waals surface area (Å²) in [5, 5.41) is 6.35. The first kappa shape index (κ1) is 26.3. The van der Waals surface area contributed by atoms with Gasteiger partial charge in [0, 0.05) is 49.2 Å². The largest absolute Gasteiger partial charge is 0.416 e. The number of nitrogens with zero attached hydrogens (tertiary/aromatic N) is 2. The number of aromatic nitrogens is 2. The maximum absolute atomic E-state index is 13.5. The number of benzene rings is 1. The molecule has 0 radical (unpaired) electrons. The van der Waals surface area contributed by atoms with Crippen molar-refractivity contribution in [2.75, 3.05) is 11.9 Å². The van der Waals surface area contributed by atoms with Gasteiger partial charge in [-0.2, -0.15) is 13.2 Å². The van der Waals surface area contributed by atoms with Gasteiger partial charge < -0.3 is 15.4 Å². The monoisotopic (exact) mass is 510 g/mol. The molecule has 196 valence electrons. The van der Waals surface area contributed by atoms with Crippen LogP contribution in [0.1, 0.15) is 72.5 Å². The van der Waals surface area contributed by atoms with Crippen molar-refractivity contribution in [3.05, 3.63) is 64.2 Å². The fourth-order valence-corrected chi connectivity index (χ4v) is 5.26. The predicted octanol–water partition coefficient (Wildman–Crippen LogP) is 6.41. The first-order chi connectivity index (χ1) is 16.8. The quantitative estimate of drug-likeness (QED) is 0.402. The summed E-state index contributed by atoms with van der Waals surface area (Å²) in [7, 11) is 0. The Hall–Kier alpha value is -2.75. The zero-order valence-corrected chi connectivity index (χ0v) is 20.7. The number of hydrogen-bond acceptors (Lipinski definition) is 5. The number of aryl methyl sites for hydroxylation is 1. The summed E-state index contributed by atoms with van der Waals surface area (Å²) in [4.78, 5) is 9.16. The molecule has 10 heteroatoms. The van der Waals surface area contributed by atoms with Gasteiger partial charge in [-0.15, -0.1) is 0 Å². The SMILES string of the molecule is C=C(Cc1nc(C)nc(NCc2cccc(C(F)(F)F)c2C)c1C1CCCO1)NC1(C)CC(F)(F)C1. The number of halogens is 5. The van der Waals surface area contributed by atoms with Gasteiger partial charge in [-0.25, -0.2) is 18.7 Å². The average molecular weight is 511 g/mol. The van der Waals surface area contributed by atoms with E-state index in [1.807, 2.05) is 0 Å². The molecule has 4 rings (SSSR count). The summed E-state index contributed by atoms with van der Waals surface area (Å²) >= 11 is 0. The van der Waals surface area contributed by atoms with Gasteiger partial charge in [-0.3, -0.25) is 0 Å². The maximum Gasteiger partial charge on any atom is 0.416 e. The average Bonchev–Trinajstić information content (AvgIpc) is 3.24. The van der Waals surface area contributed by atoms with Crippen molar-refractivity contribution < 1.29 is 26.7 Å². The van der Waals surface area contributed by atoms with Crippen molar-refractivity contribution in [1.82, 2.24) is 15.3 Å². The molecule has 5 nitrogen and oxygen atoms in total. The van der Waals surface area contributed by atoms with Crippen LogP contribution >= 0.6 is 0 Å². The number of nitrogens with one attached hydrogen (secondary N) is 2. The third kappa shape index (κ3) is 5.79. The molecule has 1 aromatic carbocycles. The molecule has 0 bridgehead atoms. The van der Waals surface area contributed by atoms with E-state index < -0.39 is 23.2 Å². The minimum absolute atomic E-state index is 0.137. The van der Waals surface area contributed by atoms with Gasteiger partial charge in [0.25, 0.3) is 5.92 Å². The van der Waals surface area contributed by atoms with Crippen molar-refractivity contribution >= 4 is 5.82 Å². The molecule has 1 aliphatic carbocycles. The van der Waals surface area contributed by atoms with Crippen LogP contribution in [0.3, 0.4) is 0 Å². The Balaban J connectivity index is 1.59. The van der Waals surface area contributed by atoms with Crippen molar-refractivity contribution in [1.29, 1.82) is 0 Å². The standard InChI is InChI=1S/C26H31F5N4O/c1-15(35-24(4)13-25(27,28)14-24)11-20-22(21-9-6-10-36-21)23(34-17(3)33-20)32-12-18-7-5-8-19(16(18)2)26(29,30)31/h5,7-8,21,35H,1,6,9-14H2,2-4H3,(H,32,33,34). The molecular weight excluding hydrogens is 479 g/mol. The van der Waals surface area contributed by atoms with Gasteiger partial charge in [-0.05, 0) is 50.8 Å². The molecule has 2 aliphatic rings. The van der Waals surface area contributed by atoms with E-state index in [2.05, 4.69) is 27.2 Å². The molecule has 2 aromatic rings. The summed E-state index contributed by atoms with van der Waals surface area (Å²) in [5.74, 6) is -1.70. The Bertz CT molecular complexity index is 1130. The normalized spacial score (nSPS) is 20.6. The molecule has 36 heavy (non-hydrogen) atoms. The highest BCUT2D eigenvalue weighted by Gasteiger charge is 2.53. The van der Waals surface area contributed by atoms with Crippen LogP contribution in [0.5, 0.6) is 0 Å². The van der Waals surface area contributed by atoms with Gasteiger partial charge in [-0.1, -0.05) is 18.7 Å². The van der Waals surface area contributed by atoms with Crippen molar-refractivity contribution in [2.45, 2.75) is 83.2 Å². The Morgan fingerprint density at radius 1 is 1.19 bits per heavy atom. The number of anilines is 1. The number of allylic oxidation sites excluding steroid dienone is 1. The number of ether oxygens (including phenoxy) is 1. The molecule has 2 fully saturated rings. The molecule has 1 unspecified atom stereocenters. The number of rotatable bonds is 8. The molecule has 1 aliphatic heterocycles. The molecule has 0 spiro atoms. The minimum atomic E-state index is -4.43. The zero-order valence-electron chi connectivity index (χ0n) is 20.7. The molecule has 1 aromatic heterocycles. The van der Waals surface area contributed by atoms with E-state index in [0.29, 0.717) is 35.2 Å². The highest BCUT2D eigenvalue weighted by molar-refractivity contribution is 5.50. The van der Waals surface area contributed by atoms with Crippen LogP contribution in [0.2, 0.25) is 0 Å². The fraction of sp³-hybridized carbons (Fsp3) is 0.538. The molecule has 1 saturated heterocycles. The van der Waals surface area contributed by atoms with Gasteiger partial charge in [0.2, 0.25) is 0 Å². The van der Waals surface area contributed by atoms with Crippen LogP contribution in [-0.4, -0.2) is 28.0 Å². The smallest absolute Gasteiger partial charge is 0.383 e. The predicted molar refractivity (Wildman–Crippen MR) is 127 cm³/mol. The minimum Gasteiger partial charge on any atom is -0.383 e. The summed E-state index contributed by atoms with van der Waals surface area (Å²) < 4.78 is 72.9. The Morgan fingerprint density at radius 3 is 2.53 bits per heavy atom. The Morgan fingerprint density at radius 2 is 1.92 bits per heavy atom. The van der Waals surface area contributed by atoms with E-state index in [1.165, 1.54) is 13.0 Å². The maximum atomic E-state index is 13.5. The second kappa shape index (κ2) is 9.61. The van der Waals surface area contributed by atoms with Crippen molar-refractivity contribution in [2.24, 2.45) is 0 Å². The van der Waals surface area contributed by atoms with Crippen LogP contribution in [0.25, 0.3) is 0 Å². The van der Waals surface area contributed by atoms with Gasteiger partial charge in [0.05, 0.1) is 17.4 Å². The lowest BCUT2D eigenvalue weighted by Gasteiger charge is -2.46. The molecular formula is C26H31F5N4O. The lowest BCUT2D eigenvalue weighted by molar-refractivity contribution is -0.138. The molecule has 2 heterocycles. The molecule has 0 amide bonds. The third-order valence-corrected chi connectivity index (χ3v) is 6.74. The summed E-state index contributed by atoms with van der Waals surface area (Å²) in [6.07, 6.45) is -3.33. The van der Waals surface area contributed by atoms with Crippen molar-refractivity contribution in [3.8, 4) is 0 Å². The zero-order chi connectivity index (χ0) is 26.3.